The van der Waals surface area contributed by atoms with Gasteiger partial charge in [-0.05, 0) is 55.0 Å². The van der Waals surface area contributed by atoms with Crippen molar-refractivity contribution in [1.82, 2.24) is 0 Å². The van der Waals surface area contributed by atoms with E-state index in [1.165, 1.54) is 0 Å². The summed E-state index contributed by atoms with van der Waals surface area (Å²) in [6, 6.07) is 12.2. The van der Waals surface area contributed by atoms with Gasteiger partial charge in [0, 0.05) is 22.0 Å². The SMILES string of the molecule is Cc1cc(Cl)ccc1C(=O)Nc1ccc(N)cc1. The fourth-order valence-corrected chi connectivity index (χ4v) is 1.87. The van der Waals surface area contributed by atoms with Gasteiger partial charge < -0.3 is 11.1 Å². The van der Waals surface area contributed by atoms with Gasteiger partial charge >= 0.3 is 0 Å². The van der Waals surface area contributed by atoms with E-state index in [-0.39, 0.29) is 5.91 Å². The maximum Gasteiger partial charge on any atom is 0.255 e. The Morgan fingerprint density at radius 3 is 2.44 bits per heavy atom. The number of rotatable bonds is 2. The van der Waals surface area contributed by atoms with Crippen molar-refractivity contribution in [3.05, 3.63) is 58.6 Å². The molecule has 2 aromatic rings. The number of anilines is 2. The van der Waals surface area contributed by atoms with Crippen LogP contribution in [0.5, 0.6) is 0 Å². The lowest BCUT2D eigenvalue weighted by molar-refractivity contribution is 0.102. The fraction of sp³-hybridized carbons (Fsp3) is 0.0714. The monoisotopic (exact) mass is 260 g/mol. The Bertz CT molecular complexity index is 579. The maximum absolute atomic E-state index is 12.0. The highest BCUT2D eigenvalue weighted by atomic mass is 35.5. The standard InChI is InChI=1S/C14H13ClN2O/c1-9-8-10(15)2-7-13(9)14(18)17-12-5-3-11(16)4-6-12/h2-8H,16H2,1H3,(H,17,18). The highest BCUT2D eigenvalue weighted by molar-refractivity contribution is 6.30. The zero-order valence-electron chi connectivity index (χ0n) is 9.91. The van der Waals surface area contributed by atoms with E-state index in [1.54, 1.807) is 42.5 Å². The number of aryl methyl sites for hydroxylation is 1. The molecule has 0 aliphatic rings. The third kappa shape index (κ3) is 2.81. The van der Waals surface area contributed by atoms with E-state index in [1.807, 2.05) is 6.92 Å². The van der Waals surface area contributed by atoms with Gasteiger partial charge in [0.15, 0.2) is 0 Å². The van der Waals surface area contributed by atoms with Crippen LogP contribution in [0.1, 0.15) is 15.9 Å². The molecule has 0 bridgehead atoms. The molecule has 0 spiro atoms. The van der Waals surface area contributed by atoms with E-state index in [0.717, 1.165) is 5.56 Å². The molecule has 2 rings (SSSR count). The summed E-state index contributed by atoms with van der Waals surface area (Å²) in [5.41, 5.74) is 8.41. The van der Waals surface area contributed by atoms with Crippen LogP contribution in [0.2, 0.25) is 5.02 Å². The van der Waals surface area contributed by atoms with Crippen molar-refractivity contribution in [2.45, 2.75) is 6.92 Å². The summed E-state index contributed by atoms with van der Waals surface area (Å²) in [5, 5.41) is 3.43. The Morgan fingerprint density at radius 2 is 1.83 bits per heavy atom. The number of hydrogen-bond donors (Lipinski definition) is 2. The van der Waals surface area contributed by atoms with Crippen molar-refractivity contribution in [1.29, 1.82) is 0 Å². The first-order valence-electron chi connectivity index (χ1n) is 5.49. The second-order valence-corrected chi connectivity index (χ2v) is 4.47. The number of nitrogens with two attached hydrogens (primary N) is 1. The lowest BCUT2D eigenvalue weighted by Gasteiger charge is -2.08. The highest BCUT2D eigenvalue weighted by Crippen LogP contribution is 2.17. The van der Waals surface area contributed by atoms with Gasteiger partial charge in [0.2, 0.25) is 0 Å². The number of amides is 1. The van der Waals surface area contributed by atoms with Crippen LogP contribution in [-0.4, -0.2) is 5.91 Å². The van der Waals surface area contributed by atoms with Crippen molar-refractivity contribution < 1.29 is 4.79 Å². The molecule has 0 fully saturated rings. The lowest BCUT2D eigenvalue weighted by Crippen LogP contribution is -2.13. The van der Waals surface area contributed by atoms with Crippen LogP contribution in [0, 0.1) is 6.92 Å². The van der Waals surface area contributed by atoms with E-state index in [2.05, 4.69) is 5.32 Å². The summed E-state index contributed by atoms with van der Waals surface area (Å²) in [7, 11) is 0. The van der Waals surface area contributed by atoms with E-state index in [4.69, 9.17) is 17.3 Å². The van der Waals surface area contributed by atoms with Gasteiger partial charge in [0.25, 0.3) is 5.91 Å². The minimum absolute atomic E-state index is 0.158. The first-order valence-corrected chi connectivity index (χ1v) is 5.87. The summed E-state index contributed by atoms with van der Waals surface area (Å²) < 4.78 is 0. The van der Waals surface area contributed by atoms with Crippen LogP contribution in [0.15, 0.2) is 42.5 Å². The minimum Gasteiger partial charge on any atom is -0.399 e. The zero-order chi connectivity index (χ0) is 13.1. The molecule has 1 amide bonds. The van der Waals surface area contributed by atoms with Crippen LogP contribution < -0.4 is 11.1 Å². The Kier molecular flexibility index (Phi) is 3.53. The number of benzene rings is 2. The van der Waals surface area contributed by atoms with Crippen LogP contribution in [0.3, 0.4) is 0 Å². The van der Waals surface area contributed by atoms with Crippen molar-refractivity contribution in [2.75, 3.05) is 11.1 Å². The molecule has 0 atom stereocenters. The first-order chi connectivity index (χ1) is 8.56. The molecule has 92 valence electrons. The Hall–Kier alpha value is -2.00. The molecule has 4 heteroatoms. The molecule has 3 nitrogen and oxygen atoms in total. The van der Waals surface area contributed by atoms with Gasteiger partial charge in [0.05, 0.1) is 0 Å². The summed E-state index contributed by atoms with van der Waals surface area (Å²) in [6.07, 6.45) is 0. The number of carbonyl (C=O) groups excluding carboxylic acids is 1. The first kappa shape index (κ1) is 12.5. The highest BCUT2D eigenvalue weighted by Gasteiger charge is 2.09. The van der Waals surface area contributed by atoms with Gasteiger partial charge in [0.1, 0.15) is 0 Å². The Morgan fingerprint density at radius 1 is 1.17 bits per heavy atom. The van der Waals surface area contributed by atoms with E-state index < -0.39 is 0 Å². The molecule has 0 radical (unpaired) electrons. The van der Waals surface area contributed by atoms with Gasteiger partial charge in [-0.25, -0.2) is 0 Å². The Labute approximate surface area is 111 Å². The maximum atomic E-state index is 12.0. The van der Waals surface area contributed by atoms with Gasteiger partial charge in [-0.1, -0.05) is 11.6 Å². The molecular formula is C14H13ClN2O. The second kappa shape index (κ2) is 5.10. The number of carbonyl (C=O) groups is 1. The third-order valence-electron chi connectivity index (χ3n) is 2.60. The predicted octanol–water partition coefficient (Wildman–Crippen LogP) is 3.48. The molecule has 0 aliphatic carbocycles. The molecule has 18 heavy (non-hydrogen) atoms. The largest absolute Gasteiger partial charge is 0.399 e. The molecule has 0 unspecified atom stereocenters. The molecule has 0 aliphatic heterocycles. The number of nitrogen functional groups attached to an aromatic ring is 1. The molecule has 0 aromatic heterocycles. The molecule has 2 aromatic carbocycles. The third-order valence-corrected chi connectivity index (χ3v) is 2.84. The van der Waals surface area contributed by atoms with Gasteiger partial charge in [-0.15, -0.1) is 0 Å². The average molecular weight is 261 g/mol. The lowest BCUT2D eigenvalue weighted by atomic mass is 10.1. The minimum atomic E-state index is -0.158. The second-order valence-electron chi connectivity index (χ2n) is 4.04. The summed E-state index contributed by atoms with van der Waals surface area (Å²) in [4.78, 5) is 12.0. The van der Waals surface area contributed by atoms with Crippen LogP contribution in [0.4, 0.5) is 11.4 Å². The van der Waals surface area contributed by atoms with Crippen LogP contribution >= 0.6 is 11.6 Å². The van der Waals surface area contributed by atoms with Crippen molar-refractivity contribution >= 4 is 28.9 Å². The number of nitrogens with one attached hydrogen (secondary N) is 1. The van der Waals surface area contributed by atoms with Crippen LogP contribution in [0.25, 0.3) is 0 Å². The zero-order valence-corrected chi connectivity index (χ0v) is 10.7. The summed E-state index contributed by atoms with van der Waals surface area (Å²) in [5.74, 6) is -0.158. The quantitative estimate of drug-likeness (QED) is 0.812. The van der Waals surface area contributed by atoms with E-state index >= 15 is 0 Å². The van der Waals surface area contributed by atoms with Gasteiger partial charge in [-0.2, -0.15) is 0 Å². The van der Waals surface area contributed by atoms with Gasteiger partial charge in [-0.3, -0.25) is 4.79 Å². The summed E-state index contributed by atoms with van der Waals surface area (Å²) in [6.45, 7) is 1.85. The van der Waals surface area contributed by atoms with Crippen molar-refractivity contribution in [3.63, 3.8) is 0 Å². The molecule has 0 saturated carbocycles. The number of halogens is 1. The smallest absolute Gasteiger partial charge is 0.255 e. The molecule has 0 heterocycles. The van der Waals surface area contributed by atoms with Crippen LogP contribution in [-0.2, 0) is 0 Å². The Balaban J connectivity index is 2.19. The molecule has 0 saturated heterocycles. The predicted molar refractivity (Wildman–Crippen MR) is 75.0 cm³/mol. The van der Waals surface area contributed by atoms with E-state index in [9.17, 15) is 4.79 Å². The van der Waals surface area contributed by atoms with Crippen molar-refractivity contribution in [3.8, 4) is 0 Å². The number of hydrogen-bond acceptors (Lipinski definition) is 2. The normalized spacial score (nSPS) is 10.1. The summed E-state index contributed by atoms with van der Waals surface area (Å²) >= 11 is 5.85. The topological polar surface area (TPSA) is 55.1 Å². The average Bonchev–Trinajstić information content (AvgIpc) is 2.32. The van der Waals surface area contributed by atoms with E-state index in [0.29, 0.717) is 22.0 Å². The molecule has 3 N–H and O–H groups in total. The molecular weight excluding hydrogens is 248 g/mol. The van der Waals surface area contributed by atoms with Crippen molar-refractivity contribution in [2.24, 2.45) is 0 Å². The fourth-order valence-electron chi connectivity index (χ4n) is 1.65.